The van der Waals surface area contributed by atoms with Gasteiger partial charge in [-0.2, -0.15) is 0 Å². The Kier molecular flexibility index (Phi) is 2.79. The highest BCUT2D eigenvalue weighted by atomic mass is 32.2. The van der Waals surface area contributed by atoms with Gasteiger partial charge in [-0.3, -0.25) is 4.98 Å². The first-order valence-electron chi connectivity index (χ1n) is 6.53. The number of rotatable bonds is 2. The lowest BCUT2D eigenvalue weighted by Crippen LogP contribution is -1.97. The number of nitrogens with zero attached hydrogens (tertiary/aromatic N) is 2. The summed E-state index contributed by atoms with van der Waals surface area (Å²) in [6.07, 6.45) is 1.71. The predicted octanol–water partition coefficient (Wildman–Crippen LogP) is 3.28. The number of aromatic nitrogens is 3. The van der Waals surface area contributed by atoms with Gasteiger partial charge < -0.3 is 4.98 Å². The van der Waals surface area contributed by atoms with E-state index >= 15 is 0 Å². The number of hydrogen-bond acceptors (Lipinski definition) is 3. The minimum atomic E-state index is -1.38. The molecule has 1 atom stereocenters. The molecule has 1 N–H and O–H groups in total. The Morgan fingerprint density at radius 3 is 2.71 bits per heavy atom. The first-order chi connectivity index (χ1) is 10.3. The molecule has 2 aromatic carbocycles. The lowest BCUT2D eigenvalue weighted by molar-refractivity contribution is 0.678. The van der Waals surface area contributed by atoms with Gasteiger partial charge in [-0.1, -0.05) is 30.3 Å². The summed E-state index contributed by atoms with van der Waals surface area (Å²) < 4.78 is 12.8. The molecule has 4 nitrogen and oxygen atoms in total. The van der Waals surface area contributed by atoms with E-state index in [4.69, 9.17) is 0 Å². The highest BCUT2D eigenvalue weighted by molar-refractivity contribution is 7.85. The largest absolute Gasteiger partial charge is 0.331 e. The maximum Gasteiger partial charge on any atom is 0.202 e. The van der Waals surface area contributed by atoms with Gasteiger partial charge in [-0.05, 0) is 24.3 Å². The second-order valence-electron chi connectivity index (χ2n) is 4.66. The molecule has 2 heterocycles. The van der Waals surface area contributed by atoms with Crippen molar-refractivity contribution in [2.75, 3.05) is 0 Å². The van der Waals surface area contributed by atoms with Crippen molar-refractivity contribution in [1.29, 1.82) is 0 Å². The summed E-state index contributed by atoms with van der Waals surface area (Å²) in [6.45, 7) is 0. The number of hydrogen-bond donors (Lipinski definition) is 1. The summed E-state index contributed by atoms with van der Waals surface area (Å²) in [5.74, 6) is 0. The molecule has 2 aromatic heterocycles. The van der Waals surface area contributed by atoms with Crippen molar-refractivity contribution in [3.05, 3.63) is 60.8 Å². The van der Waals surface area contributed by atoms with Crippen LogP contribution >= 0.6 is 0 Å². The lowest BCUT2D eigenvalue weighted by Gasteiger charge is -2.03. The van der Waals surface area contributed by atoms with E-state index in [9.17, 15) is 4.21 Å². The average molecular weight is 293 g/mol. The Hall–Kier alpha value is -2.53. The fraction of sp³-hybridized carbons (Fsp3) is 0. The first-order valence-corrected chi connectivity index (χ1v) is 7.68. The summed E-state index contributed by atoms with van der Waals surface area (Å²) >= 11 is 0. The van der Waals surface area contributed by atoms with Gasteiger partial charge in [-0.25, -0.2) is 9.19 Å². The zero-order valence-electron chi connectivity index (χ0n) is 11.0. The molecular weight excluding hydrogens is 282 g/mol. The molecule has 0 fully saturated rings. The van der Waals surface area contributed by atoms with Crippen LogP contribution < -0.4 is 0 Å². The zero-order valence-corrected chi connectivity index (χ0v) is 11.8. The van der Waals surface area contributed by atoms with Gasteiger partial charge in [0.2, 0.25) is 5.16 Å². The minimum Gasteiger partial charge on any atom is -0.331 e. The van der Waals surface area contributed by atoms with Crippen LogP contribution in [0, 0.1) is 0 Å². The number of aromatic amines is 1. The van der Waals surface area contributed by atoms with Crippen LogP contribution in [0.1, 0.15) is 0 Å². The minimum absolute atomic E-state index is 0.453. The fourth-order valence-corrected chi connectivity index (χ4v) is 3.49. The van der Waals surface area contributed by atoms with Gasteiger partial charge in [0.25, 0.3) is 0 Å². The Morgan fingerprint density at radius 2 is 1.81 bits per heavy atom. The van der Waals surface area contributed by atoms with Crippen molar-refractivity contribution in [3.63, 3.8) is 0 Å². The molecule has 0 aliphatic heterocycles. The van der Waals surface area contributed by atoms with Gasteiger partial charge in [0.1, 0.15) is 10.8 Å². The summed E-state index contributed by atoms with van der Waals surface area (Å²) in [5.41, 5.74) is 2.45. The van der Waals surface area contributed by atoms with E-state index in [0.717, 1.165) is 21.9 Å². The molecule has 0 bridgehead atoms. The molecule has 0 amide bonds. The smallest absolute Gasteiger partial charge is 0.202 e. The summed E-state index contributed by atoms with van der Waals surface area (Å²) in [6, 6.07) is 17.2. The monoisotopic (exact) mass is 293 g/mol. The Morgan fingerprint density at radius 1 is 0.952 bits per heavy atom. The van der Waals surface area contributed by atoms with Gasteiger partial charge in [0.15, 0.2) is 0 Å². The number of para-hydroxylation sites is 3. The number of H-pyrrole nitrogens is 1. The summed E-state index contributed by atoms with van der Waals surface area (Å²) in [4.78, 5) is 12.6. The summed E-state index contributed by atoms with van der Waals surface area (Å²) in [7, 11) is -1.38. The van der Waals surface area contributed by atoms with Crippen LogP contribution in [0.15, 0.2) is 70.8 Å². The van der Waals surface area contributed by atoms with Crippen LogP contribution in [0.2, 0.25) is 0 Å². The van der Waals surface area contributed by atoms with Crippen molar-refractivity contribution in [2.45, 2.75) is 10.1 Å². The quantitative estimate of drug-likeness (QED) is 0.617. The third-order valence-corrected chi connectivity index (χ3v) is 4.61. The molecule has 5 heteroatoms. The maximum atomic E-state index is 12.8. The molecule has 4 rings (SSSR count). The topological polar surface area (TPSA) is 58.6 Å². The van der Waals surface area contributed by atoms with E-state index in [0.29, 0.717) is 10.1 Å². The molecule has 0 spiro atoms. The molecular formula is C16H11N3OS. The molecule has 102 valence electrons. The molecule has 0 saturated carbocycles. The third-order valence-electron chi connectivity index (χ3n) is 3.34. The second kappa shape index (κ2) is 4.79. The molecule has 0 radical (unpaired) electrons. The number of imidazole rings is 1. The van der Waals surface area contributed by atoms with Crippen molar-refractivity contribution in [1.82, 2.24) is 15.0 Å². The van der Waals surface area contributed by atoms with Gasteiger partial charge in [0.05, 0.1) is 21.4 Å². The van der Waals surface area contributed by atoms with Gasteiger partial charge >= 0.3 is 0 Å². The Labute approximate surface area is 123 Å². The lowest BCUT2D eigenvalue weighted by atomic mass is 10.2. The number of benzene rings is 2. The number of nitrogens with one attached hydrogen (secondary N) is 1. The molecule has 21 heavy (non-hydrogen) atoms. The van der Waals surface area contributed by atoms with Crippen molar-refractivity contribution < 1.29 is 4.21 Å². The predicted molar refractivity (Wildman–Crippen MR) is 82.5 cm³/mol. The second-order valence-corrected chi connectivity index (χ2v) is 6.02. The average Bonchev–Trinajstić information content (AvgIpc) is 2.97. The van der Waals surface area contributed by atoms with E-state index in [-0.39, 0.29) is 0 Å². The van der Waals surface area contributed by atoms with E-state index in [1.54, 1.807) is 6.20 Å². The third kappa shape index (κ3) is 2.02. The maximum absolute atomic E-state index is 12.8. The van der Waals surface area contributed by atoms with Gasteiger partial charge in [-0.15, -0.1) is 0 Å². The van der Waals surface area contributed by atoms with Crippen molar-refractivity contribution >= 4 is 32.7 Å². The van der Waals surface area contributed by atoms with E-state index < -0.39 is 10.8 Å². The van der Waals surface area contributed by atoms with Crippen LogP contribution in [-0.4, -0.2) is 19.2 Å². The van der Waals surface area contributed by atoms with Crippen molar-refractivity contribution in [2.24, 2.45) is 0 Å². The van der Waals surface area contributed by atoms with E-state index in [1.807, 2.05) is 54.6 Å². The van der Waals surface area contributed by atoms with Crippen molar-refractivity contribution in [3.8, 4) is 0 Å². The molecule has 4 aromatic rings. The van der Waals surface area contributed by atoms with Crippen LogP contribution in [-0.2, 0) is 10.8 Å². The highest BCUT2D eigenvalue weighted by Crippen LogP contribution is 2.23. The first kappa shape index (κ1) is 12.2. The molecule has 0 saturated heterocycles. The fourth-order valence-electron chi connectivity index (χ4n) is 2.35. The standard InChI is InChI=1S/C16H11N3OS/c20-21(16-18-12-7-1-2-8-13(12)19-16)14-9-3-5-11-6-4-10-17-15(11)14/h1-10H,(H,18,19). The number of fused-ring (bicyclic) bond motifs is 2. The van der Waals surface area contributed by atoms with Gasteiger partial charge in [0, 0.05) is 11.6 Å². The zero-order chi connectivity index (χ0) is 14.2. The molecule has 0 aliphatic carbocycles. The van der Waals surface area contributed by atoms with E-state index in [2.05, 4.69) is 15.0 Å². The normalized spacial score (nSPS) is 12.8. The highest BCUT2D eigenvalue weighted by Gasteiger charge is 2.15. The number of pyridine rings is 1. The van der Waals surface area contributed by atoms with Crippen LogP contribution in [0.4, 0.5) is 0 Å². The van der Waals surface area contributed by atoms with Crippen LogP contribution in [0.5, 0.6) is 0 Å². The van der Waals surface area contributed by atoms with Crippen LogP contribution in [0.25, 0.3) is 21.9 Å². The summed E-state index contributed by atoms with van der Waals surface area (Å²) in [5, 5.41) is 1.42. The van der Waals surface area contributed by atoms with E-state index in [1.165, 1.54) is 0 Å². The Bertz CT molecular complexity index is 939. The molecule has 1 unspecified atom stereocenters. The molecule has 0 aliphatic rings. The van der Waals surface area contributed by atoms with Crippen LogP contribution in [0.3, 0.4) is 0 Å². The SMILES string of the molecule is O=S(c1nc2ccccc2[nH]1)c1cccc2cccnc12. The Balaban J connectivity index is 1.90.